The second kappa shape index (κ2) is 6.00. The van der Waals surface area contributed by atoms with Crippen LogP contribution in [0, 0.1) is 11.3 Å². The van der Waals surface area contributed by atoms with E-state index in [1.165, 1.54) is 0 Å². The average molecular weight is 351 g/mol. The number of aromatic amines is 1. The maximum absolute atomic E-state index is 12.6. The van der Waals surface area contributed by atoms with Gasteiger partial charge in [-0.2, -0.15) is 5.26 Å². The van der Waals surface area contributed by atoms with Crippen molar-refractivity contribution in [2.45, 2.75) is 0 Å². The van der Waals surface area contributed by atoms with E-state index in [2.05, 4.69) is 20.9 Å². The molecule has 2 aromatic carbocycles. The van der Waals surface area contributed by atoms with Crippen LogP contribution in [0.5, 0.6) is 0 Å². The summed E-state index contributed by atoms with van der Waals surface area (Å²) in [6.45, 7) is 0. The SMILES string of the molecule is N#C/C(=C\c1ccccc1Br)C(=O)c1c[nH]c2ccccc12. The van der Waals surface area contributed by atoms with Gasteiger partial charge in [0.25, 0.3) is 0 Å². The summed E-state index contributed by atoms with van der Waals surface area (Å²) in [5.41, 5.74) is 2.29. The number of rotatable bonds is 3. The number of ketones is 1. The number of carbonyl (C=O) groups excluding carboxylic acids is 1. The molecule has 0 fully saturated rings. The molecule has 0 aliphatic carbocycles. The van der Waals surface area contributed by atoms with E-state index in [0.29, 0.717) is 5.56 Å². The van der Waals surface area contributed by atoms with Crippen LogP contribution in [0.4, 0.5) is 0 Å². The van der Waals surface area contributed by atoms with Crippen molar-refractivity contribution in [1.82, 2.24) is 4.98 Å². The van der Waals surface area contributed by atoms with Crippen LogP contribution < -0.4 is 0 Å². The van der Waals surface area contributed by atoms with Gasteiger partial charge in [-0.3, -0.25) is 4.79 Å². The number of fused-ring (bicyclic) bond motifs is 1. The lowest BCUT2D eigenvalue weighted by molar-refractivity contribution is 0.104. The van der Waals surface area contributed by atoms with Gasteiger partial charge in [0.05, 0.1) is 0 Å². The summed E-state index contributed by atoms with van der Waals surface area (Å²) in [4.78, 5) is 15.7. The van der Waals surface area contributed by atoms with Crippen LogP contribution in [0.25, 0.3) is 17.0 Å². The lowest BCUT2D eigenvalue weighted by Gasteiger charge is -2.00. The number of H-pyrrole nitrogens is 1. The molecule has 1 aromatic heterocycles. The molecule has 0 amide bonds. The highest BCUT2D eigenvalue weighted by Crippen LogP contribution is 2.23. The molecule has 0 radical (unpaired) electrons. The fourth-order valence-electron chi connectivity index (χ4n) is 2.30. The van der Waals surface area contributed by atoms with Gasteiger partial charge in [-0.25, -0.2) is 0 Å². The quantitative estimate of drug-likeness (QED) is 0.422. The highest BCUT2D eigenvalue weighted by Gasteiger charge is 2.16. The van der Waals surface area contributed by atoms with Crippen molar-refractivity contribution in [3.63, 3.8) is 0 Å². The van der Waals surface area contributed by atoms with E-state index in [4.69, 9.17) is 0 Å². The Morgan fingerprint density at radius 1 is 1.14 bits per heavy atom. The highest BCUT2D eigenvalue weighted by molar-refractivity contribution is 9.10. The van der Waals surface area contributed by atoms with Crippen LogP contribution in [0.3, 0.4) is 0 Å². The van der Waals surface area contributed by atoms with Crippen molar-refractivity contribution in [1.29, 1.82) is 5.26 Å². The number of benzene rings is 2. The molecule has 0 saturated heterocycles. The molecule has 0 aliphatic rings. The number of nitriles is 1. The molecule has 0 atom stereocenters. The molecule has 0 aliphatic heterocycles. The first kappa shape index (κ1) is 14.3. The number of para-hydroxylation sites is 1. The van der Waals surface area contributed by atoms with E-state index < -0.39 is 0 Å². The van der Waals surface area contributed by atoms with Crippen molar-refractivity contribution in [2.24, 2.45) is 0 Å². The predicted molar refractivity (Wildman–Crippen MR) is 90.4 cm³/mol. The zero-order valence-corrected chi connectivity index (χ0v) is 13.1. The number of nitrogens with zero attached hydrogens (tertiary/aromatic N) is 1. The van der Waals surface area contributed by atoms with Gasteiger partial charge in [0.2, 0.25) is 5.78 Å². The second-order valence-corrected chi connectivity index (χ2v) is 5.62. The molecule has 1 N–H and O–H groups in total. The summed E-state index contributed by atoms with van der Waals surface area (Å²) in [6, 6.07) is 17.0. The van der Waals surface area contributed by atoms with Crippen molar-refractivity contribution in [2.75, 3.05) is 0 Å². The molecule has 22 heavy (non-hydrogen) atoms. The van der Waals surface area contributed by atoms with Gasteiger partial charge in [-0.1, -0.05) is 52.3 Å². The third-order valence-corrected chi connectivity index (χ3v) is 4.13. The number of Topliss-reactive ketones (excluding diaryl/α,β-unsaturated/α-hetero) is 1. The summed E-state index contributed by atoms with van der Waals surface area (Å²) in [5, 5.41) is 10.2. The van der Waals surface area contributed by atoms with Crippen LogP contribution in [0.2, 0.25) is 0 Å². The molecule has 3 aromatic rings. The van der Waals surface area contributed by atoms with Crippen LogP contribution in [0.1, 0.15) is 15.9 Å². The molecule has 3 nitrogen and oxygen atoms in total. The molecule has 0 spiro atoms. The highest BCUT2D eigenvalue weighted by atomic mass is 79.9. The van der Waals surface area contributed by atoms with Gasteiger partial charge >= 0.3 is 0 Å². The Kier molecular flexibility index (Phi) is 3.90. The van der Waals surface area contributed by atoms with E-state index in [9.17, 15) is 10.1 Å². The van der Waals surface area contributed by atoms with Gasteiger partial charge < -0.3 is 4.98 Å². The van der Waals surface area contributed by atoms with Crippen molar-refractivity contribution < 1.29 is 4.79 Å². The Morgan fingerprint density at radius 2 is 1.86 bits per heavy atom. The Morgan fingerprint density at radius 3 is 2.64 bits per heavy atom. The van der Waals surface area contributed by atoms with Gasteiger partial charge in [-0.05, 0) is 23.8 Å². The lowest BCUT2D eigenvalue weighted by Crippen LogP contribution is -2.01. The van der Waals surface area contributed by atoms with Gasteiger partial charge in [0, 0.05) is 27.1 Å². The fourth-order valence-corrected chi connectivity index (χ4v) is 2.70. The Labute approximate surface area is 136 Å². The summed E-state index contributed by atoms with van der Waals surface area (Å²) < 4.78 is 0.842. The molecule has 3 rings (SSSR count). The molecule has 0 unspecified atom stereocenters. The summed E-state index contributed by atoms with van der Waals surface area (Å²) in [5.74, 6) is -0.282. The minimum absolute atomic E-state index is 0.108. The van der Waals surface area contributed by atoms with Crippen molar-refractivity contribution >= 4 is 38.7 Å². The largest absolute Gasteiger partial charge is 0.360 e. The number of halogens is 1. The topological polar surface area (TPSA) is 56.6 Å². The Bertz CT molecular complexity index is 931. The minimum Gasteiger partial charge on any atom is -0.360 e. The maximum Gasteiger partial charge on any atom is 0.205 e. The number of hydrogen-bond donors (Lipinski definition) is 1. The molecule has 106 valence electrons. The number of carbonyl (C=O) groups is 1. The van der Waals surface area contributed by atoms with E-state index in [1.54, 1.807) is 12.3 Å². The smallest absolute Gasteiger partial charge is 0.205 e. The fraction of sp³-hybridized carbons (Fsp3) is 0. The van der Waals surface area contributed by atoms with Crippen LogP contribution in [0.15, 0.2) is 64.8 Å². The van der Waals surface area contributed by atoms with E-state index in [1.807, 2.05) is 54.6 Å². The third kappa shape index (κ3) is 2.59. The first-order valence-corrected chi connectivity index (χ1v) is 7.47. The second-order valence-electron chi connectivity index (χ2n) is 4.77. The summed E-state index contributed by atoms with van der Waals surface area (Å²) >= 11 is 3.42. The summed E-state index contributed by atoms with van der Waals surface area (Å²) in [7, 11) is 0. The molecular weight excluding hydrogens is 340 g/mol. The number of allylic oxidation sites excluding steroid dienone is 1. The van der Waals surface area contributed by atoms with Crippen molar-refractivity contribution in [3.8, 4) is 6.07 Å². The predicted octanol–water partition coefficient (Wildman–Crippen LogP) is 4.72. The molecule has 4 heteroatoms. The van der Waals surface area contributed by atoms with E-state index in [0.717, 1.165) is 20.9 Å². The average Bonchev–Trinajstić information content (AvgIpc) is 2.97. The molecule has 1 heterocycles. The monoisotopic (exact) mass is 350 g/mol. The zero-order valence-electron chi connectivity index (χ0n) is 11.5. The standard InChI is InChI=1S/C18H11BrN2O/c19-16-7-3-1-5-12(16)9-13(10-20)18(22)15-11-21-17-8-4-2-6-14(15)17/h1-9,11,21H/b13-9+. The van der Waals surface area contributed by atoms with Gasteiger partial charge in [-0.15, -0.1) is 0 Å². The first-order chi connectivity index (χ1) is 10.7. The maximum atomic E-state index is 12.6. The molecule has 0 bridgehead atoms. The van der Waals surface area contributed by atoms with Crippen LogP contribution in [-0.4, -0.2) is 10.8 Å². The lowest BCUT2D eigenvalue weighted by atomic mass is 10.0. The zero-order chi connectivity index (χ0) is 15.5. The normalized spacial score (nSPS) is 11.4. The van der Waals surface area contributed by atoms with Crippen LogP contribution >= 0.6 is 15.9 Å². The summed E-state index contributed by atoms with van der Waals surface area (Å²) in [6.07, 6.45) is 3.26. The minimum atomic E-state index is -0.282. The van der Waals surface area contributed by atoms with Crippen LogP contribution in [-0.2, 0) is 0 Å². The number of aromatic nitrogens is 1. The van der Waals surface area contributed by atoms with Crippen molar-refractivity contribution in [3.05, 3.63) is 75.9 Å². The first-order valence-electron chi connectivity index (χ1n) is 6.68. The van der Waals surface area contributed by atoms with Gasteiger partial charge in [0.1, 0.15) is 11.6 Å². The molecular formula is C18H11BrN2O. The number of nitrogens with one attached hydrogen (secondary N) is 1. The Hall–Kier alpha value is -2.64. The third-order valence-electron chi connectivity index (χ3n) is 3.40. The van der Waals surface area contributed by atoms with E-state index >= 15 is 0 Å². The number of hydrogen-bond acceptors (Lipinski definition) is 2. The Balaban J connectivity index is 2.06. The molecule has 0 saturated carbocycles. The van der Waals surface area contributed by atoms with Gasteiger partial charge in [0.15, 0.2) is 0 Å². The van der Waals surface area contributed by atoms with E-state index in [-0.39, 0.29) is 11.4 Å².